The van der Waals surface area contributed by atoms with Gasteiger partial charge in [0.25, 0.3) is 0 Å². The molecule has 3 rings (SSSR count). The first kappa shape index (κ1) is 16.4. The maximum Gasteiger partial charge on any atom is 0.140 e. The van der Waals surface area contributed by atoms with Crippen molar-refractivity contribution < 1.29 is 0 Å². The first-order chi connectivity index (χ1) is 8.24. The maximum atomic E-state index is 5.93. The van der Waals surface area contributed by atoms with E-state index in [2.05, 4.69) is 27.9 Å². The zero-order valence-electron chi connectivity index (χ0n) is 10.7. The van der Waals surface area contributed by atoms with Crippen LogP contribution >= 0.6 is 36.2 Å². The Bertz CT molecular complexity index is 538. The molecule has 19 heavy (non-hydrogen) atoms. The van der Waals surface area contributed by atoms with Gasteiger partial charge in [0.15, 0.2) is 0 Å². The van der Waals surface area contributed by atoms with Crippen LogP contribution in [0.2, 0.25) is 0 Å². The molecule has 2 aromatic rings. The summed E-state index contributed by atoms with van der Waals surface area (Å²) in [5, 5.41) is 1.19. The summed E-state index contributed by atoms with van der Waals surface area (Å²) in [5.74, 6) is 1.08. The van der Waals surface area contributed by atoms with Crippen LogP contribution in [-0.4, -0.2) is 29.1 Å². The monoisotopic (exact) mass is 320 g/mol. The lowest BCUT2D eigenvalue weighted by Gasteiger charge is -2.31. The fourth-order valence-corrected chi connectivity index (χ4v) is 3.17. The highest BCUT2D eigenvalue weighted by atomic mass is 35.5. The third-order valence-corrected chi connectivity index (χ3v) is 4.23. The Hall–Kier alpha value is -0.620. The second-order valence-electron chi connectivity index (χ2n) is 4.60. The van der Waals surface area contributed by atoms with E-state index >= 15 is 0 Å². The Labute approximate surface area is 129 Å². The summed E-state index contributed by atoms with van der Waals surface area (Å²) < 4.78 is 0. The van der Waals surface area contributed by atoms with Crippen molar-refractivity contribution in [3.05, 3.63) is 17.3 Å². The van der Waals surface area contributed by atoms with Gasteiger partial charge < -0.3 is 10.6 Å². The van der Waals surface area contributed by atoms with Crippen LogP contribution in [0.4, 0.5) is 5.82 Å². The van der Waals surface area contributed by atoms with Gasteiger partial charge in [-0.2, -0.15) is 0 Å². The highest BCUT2D eigenvalue weighted by Crippen LogP contribution is 2.30. The molecule has 2 aromatic heterocycles. The van der Waals surface area contributed by atoms with Crippen LogP contribution in [-0.2, 0) is 0 Å². The van der Waals surface area contributed by atoms with Crippen LogP contribution < -0.4 is 10.6 Å². The van der Waals surface area contributed by atoms with Gasteiger partial charge in [-0.25, -0.2) is 9.97 Å². The highest BCUT2D eigenvalue weighted by Gasteiger charge is 2.19. The van der Waals surface area contributed by atoms with E-state index in [9.17, 15) is 0 Å². The summed E-state index contributed by atoms with van der Waals surface area (Å²) >= 11 is 1.73. The summed E-state index contributed by atoms with van der Waals surface area (Å²) in [6, 6.07) is 2.54. The molecule has 0 aromatic carbocycles. The molecule has 4 nitrogen and oxygen atoms in total. The number of halogens is 2. The lowest BCUT2D eigenvalue weighted by Crippen LogP contribution is -2.40. The molecular formula is C12H18Cl2N4S. The molecule has 0 saturated carbocycles. The van der Waals surface area contributed by atoms with Crippen molar-refractivity contribution in [3.63, 3.8) is 0 Å². The van der Waals surface area contributed by atoms with Crippen molar-refractivity contribution in [2.75, 3.05) is 18.0 Å². The molecule has 7 heteroatoms. The normalized spacial score (nSPS) is 16.0. The summed E-state index contributed by atoms with van der Waals surface area (Å²) in [5.41, 5.74) is 5.93. The van der Waals surface area contributed by atoms with Crippen LogP contribution in [0.5, 0.6) is 0 Å². The van der Waals surface area contributed by atoms with Crippen molar-refractivity contribution in [1.29, 1.82) is 0 Å². The van der Waals surface area contributed by atoms with E-state index in [1.165, 1.54) is 10.3 Å². The van der Waals surface area contributed by atoms with E-state index < -0.39 is 0 Å². The van der Waals surface area contributed by atoms with E-state index in [0.717, 1.165) is 36.6 Å². The molecule has 1 saturated heterocycles. The quantitative estimate of drug-likeness (QED) is 0.877. The van der Waals surface area contributed by atoms with E-state index in [4.69, 9.17) is 5.73 Å². The number of nitrogens with zero attached hydrogens (tertiary/aromatic N) is 3. The van der Waals surface area contributed by atoms with Gasteiger partial charge in [0.2, 0.25) is 0 Å². The summed E-state index contributed by atoms with van der Waals surface area (Å²) in [6.45, 7) is 4.12. The van der Waals surface area contributed by atoms with Crippen LogP contribution in [0, 0.1) is 6.92 Å². The van der Waals surface area contributed by atoms with Crippen molar-refractivity contribution in [1.82, 2.24) is 9.97 Å². The predicted octanol–water partition coefficient (Wildman–Crippen LogP) is 2.77. The van der Waals surface area contributed by atoms with Crippen LogP contribution in [0.1, 0.15) is 17.7 Å². The molecule has 0 atom stereocenters. The predicted molar refractivity (Wildman–Crippen MR) is 86.1 cm³/mol. The molecule has 106 valence electrons. The molecule has 1 fully saturated rings. The van der Waals surface area contributed by atoms with E-state index in [0.29, 0.717) is 6.04 Å². The van der Waals surface area contributed by atoms with Crippen LogP contribution in [0.3, 0.4) is 0 Å². The SMILES string of the molecule is Cc1cc2c(N3CCC(N)CC3)ncnc2s1.Cl.Cl. The molecule has 1 aliphatic rings. The Morgan fingerprint density at radius 2 is 1.95 bits per heavy atom. The number of aryl methyl sites for hydroxylation is 1. The smallest absolute Gasteiger partial charge is 0.140 e. The van der Waals surface area contributed by atoms with Gasteiger partial charge in [-0.3, -0.25) is 0 Å². The molecule has 0 amide bonds. The average molecular weight is 321 g/mol. The number of rotatable bonds is 1. The number of aromatic nitrogens is 2. The number of hydrogen-bond acceptors (Lipinski definition) is 5. The van der Waals surface area contributed by atoms with Gasteiger partial charge in [0, 0.05) is 24.0 Å². The third-order valence-electron chi connectivity index (χ3n) is 3.27. The van der Waals surface area contributed by atoms with Gasteiger partial charge >= 0.3 is 0 Å². The Morgan fingerprint density at radius 3 is 2.63 bits per heavy atom. The number of nitrogens with two attached hydrogens (primary N) is 1. The number of anilines is 1. The zero-order valence-corrected chi connectivity index (χ0v) is 13.2. The molecule has 1 aliphatic heterocycles. The molecule has 2 N–H and O–H groups in total. The second-order valence-corrected chi connectivity index (χ2v) is 5.83. The van der Waals surface area contributed by atoms with Gasteiger partial charge in [-0.05, 0) is 25.8 Å². The number of thiophene rings is 1. The number of hydrogen-bond donors (Lipinski definition) is 1. The maximum absolute atomic E-state index is 5.93. The molecule has 3 heterocycles. The minimum Gasteiger partial charge on any atom is -0.356 e. The minimum atomic E-state index is 0. The Morgan fingerprint density at radius 1 is 1.26 bits per heavy atom. The molecule has 0 bridgehead atoms. The first-order valence-corrected chi connectivity index (χ1v) is 6.77. The standard InChI is InChI=1S/C12H16N4S.2ClH/c1-8-6-10-11(14-7-15-12(10)17-8)16-4-2-9(13)3-5-16;;/h6-7,9H,2-5,13H2,1H3;2*1H. The van der Waals surface area contributed by atoms with Gasteiger partial charge in [-0.1, -0.05) is 0 Å². The summed E-state index contributed by atoms with van der Waals surface area (Å²) in [7, 11) is 0. The Kier molecular flexibility index (Phi) is 5.80. The molecule has 0 spiro atoms. The van der Waals surface area contributed by atoms with E-state index in [-0.39, 0.29) is 24.8 Å². The van der Waals surface area contributed by atoms with Crippen LogP contribution in [0.15, 0.2) is 12.4 Å². The highest BCUT2D eigenvalue weighted by molar-refractivity contribution is 7.18. The Balaban J connectivity index is 0.000000902. The van der Waals surface area contributed by atoms with Crippen molar-refractivity contribution in [3.8, 4) is 0 Å². The summed E-state index contributed by atoms with van der Waals surface area (Å²) in [4.78, 5) is 13.5. The average Bonchev–Trinajstić information content (AvgIpc) is 2.70. The lowest BCUT2D eigenvalue weighted by atomic mass is 10.1. The zero-order chi connectivity index (χ0) is 11.8. The topological polar surface area (TPSA) is 55.0 Å². The minimum absolute atomic E-state index is 0. The van der Waals surface area contributed by atoms with Gasteiger partial charge in [-0.15, -0.1) is 36.2 Å². The number of fused-ring (bicyclic) bond motifs is 1. The van der Waals surface area contributed by atoms with E-state index in [1.807, 2.05) is 0 Å². The molecule has 0 radical (unpaired) electrons. The van der Waals surface area contributed by atoms with Crippen molar-refractivity contribution in [2.24, 2.45) is 5.73 Å². The third kappa shape index (κ3) is 3.28. The van der Waals surface area contributed by atoms with Gasteiger partial charge in [0.1, 0.15) is 17.0 Å². The van der Waals surface area contributed by atoms with Crippen molar-refractivity contribution in [2.45, 2.75) is 25.8 Å². The van der Waals surface area contributed by atoms with Gasteiger partial charge in [0.05, 0.1) is 5.39 Å². The largest absolute Gasteiger partial charge is 0.356 e. The van der Waals surface area contributed by atoms with E-state index in [1.54, 1.807) is 17.7 Å². The molecular weight excluding hydrogens is 303 g/mol. The summed E-state index contributed by atoms with van der Waals surface area (Å²) in [6.07, 6.45) is 3.77. The van der Waals surface area contributed by atoms with Crippen molar-refractivity contribution >= 4 is 52.2 Å². The molecule has 0 unspecified atom stereocenters. The first-order valence-electron chi connectivity index (χ1n) is 5.96. The second kappa shape index (κ2) is 6.70. The van der Waals surface area contributed by atoms with Crippen LogP contribution in [0.25, 0.3) is 10.2 Å². The lowest BCUT2D eigenvalue weighted by molar-refractivity contribution is 0.499. The fraction of sp³-hybridized carbons (Fsp3) is 0.500. The number of piperidine rings is 1. The fourth-order valence-electron chi connectivity index (χ4n) is 2.33. The molecule has 0 aliphatic carbocycles.